The van der Waals surface area contributed by atoms with Gasteiger partial charge in [0.1, 0.15) is 6.61 Å². The molecule has 1 heterocycles. The van der Waals surface area contributed by atoms with Gasteiger partial charge >= 0.3 is 0 Å². The molecule has 1 aliphatic heterocycles. The van der Waals surface area contributed by atoms with Crippen molar-refractivity contribution in [2.24, 2.45) is 0 Å². The first-order valence-corrected chi connectivity index (χ1v) is 7.48. The van der Waals surface area contributed by atoms with E-state index < -0.39 is 0 Å². The van der Waals surface area contributed by atoms with E-state index in [1.807, 2.05) is 0 Å². The fraction of sp³-hybridized carbons (Fsp3) is 0.533. The third-order valence-corrected chi connectivity index (χ3v) is 3.60. The van der Waals surface area contributed by atoms with Crippen LogP contribution in [0.5, 0.6) is 0 Å². The number of carbonyl (C=O) groups excluding carboxylic acids is 1. The van der Waals surface area contributed by atoms with Crippen LogP contribution in [0, 0.1) is 0 Å². The lowest BCUT2D eigenvalue weighted by molar-refractivity contribution is -0.120. The summed E-state index contributed by atoms with van der Waals surface area (Å²) < 4.78 is 5.42. The fourth-order valence-corrected chi connectivity index (χ4v) is 2.51. The third kappa shape index (κ3) is 5.49. The van der Waals surface area contributed by atoms with Crippen molar-refractivity contribution in [3.05, 3.63) is 29.3 Å². The maximum atomic E-state index is 11.7. The Morgan fingerprint density at radius 1 is 1.45 bits per heavy atom. The lowest BCUT2D eigenvalue weighted by Gasteiger charge is -2.23. The maximum Gasteiger partial charge on any atom is 0.250 e. The molecule has 1 aromatic rings. The van der Waals surface area contributed by atoms with Crippen LogP contribution < -0.4 is 10.6 Å². The van der Waals surface area contributed by atoms with Gasteiger partial charge in [0.2, 0.25) is 5.91 Å². The van der Waals surface area contributed by atoms with Crippen LogP contribution in [-0.2, 0) is 9.53 Å². The summed E-state index contributed by atoms with van der Waals surface area (Å²) in [6, 6.07) is 7.62. The van der Waals surface area contributed by atoms with Crippen molar-refractivity contribution in [2.45, 2.75) is 31.7 Å². The average Bonchev–Trinajstić information content (AvgIpc) is 2.45. The summed E-state index contributed by atoms with van der Waals surface area (Å²) in [7, 11) is 0. The van der Waals surface area contributed by atoms with Crippen LogP contribution in [0.2, 0.25) is 5.02 Å². The van der Waals surface area contributed by atoms with E-state index in [4.69, 9.17) is 16.3 Å². The molecule has 1 atom stereocenters. The summed E-state index contributed by atoms with van der Waals surface area (Å²) in [5.41, 5.74) is 0.694. The predicted molar refractivity (Wildman–Crippen MR) is 81.2 cm³/mol. The molecule has 0 aliphatic carbocycles. The number of benzene rings is 1. The van der Waals surface area contributed by atoms with Gasteiger partial charge < -0.3 is 15.4 Å². The monoisotopic (exact) mass is 296 g/mol. The van der Waals surface area contributed by atoms with Gasteiger partial charge in [-0.15, -0.1) is 0 Å². The first-order valence-electron chi connectivity index (χ1n) is 7.10. The second kappa shape index (κ2) is 8.25. The van der Waals surface area contributed by atoms with Gasteiger partial charge in [-0.3, -0.25) is 4.79 Å². The van der Waals surface area contributed by atoms with E-state index >= 15 is 0 Å². The van der Waals surface area contributed by atoms with Crippen LogP contribution in [0.1, 0.15) is 25.7 Å². The van der Waals surface area contributed by atoms with E-state index in [9.17, 15) is 4.79 Å². The highest BCUT2D eigenvalue weighted by Crippen LogP contribution is 2.14. The topological polar surface area (TPSA) is 50.4 Å². The van der Waals surface area contributed by atoms with Crippen molar-refractivity contribution in [1.82, 2.24) is 5.32 Å². The Bertz CT molecular complexity index is 434. The number of hydrogen-bond acceptors (Lipinski definition) is 3. The Hall–Kier alpha value is -1.10. The van der Waals surface area contributed by atoms with Crippen molar-refractivity contribution < 1.29 is 9.53 Å². The van der Waals surface area contributed by atoms with Gasteiger partial charge in [0, 0.05) is 23.4 Å². The summed E-state index contributed by atoms with van der Waals surface area (Å²) >= 11 is 5.85. The maximum absolute atomic E-state index is 11.7. The van der Waals surface area contributed by atoms with E-state index in [-0.39, 0.29) is 12.5 Å². The predicted octanol–water partition coefficient (Wildman–Crippen LogP) is 2.83. The fourth-order valence-electron chi connectivity index (χ4n) is 2.32. The van der Waals surface area contributed by atoms with Gasteiger partial charge in [0.15, 0.2) is 0 Å². The second-order valence-corrected chi connectivity index (χ2v) is 5.48. The molecular weight excluding hydrogens is 276 g/mol. The van der Waals surface area contributed by atoms with Gasteiger partial charge in [0.05, 0.1) is 0 Å². The Kier molecular flexibility index (Phi) is 6.30. The molecule has 110 valence electrons. The molecule has 1 aromatic carbocycles. The molecule has 0 radical (unpaired) electrons. The number of carbonyl (C=O) groups is 1. The smallest absolute Gasteiger partial charge is 0.250 e. The normalized spacial score (nSPS) is 18.8. The molecule has 0 saturated carbocycles. The molecule has 5 heteroatoms. The van der Waals surface area contributed by atoms with Crippen LogP contribution >= 0.6 is 11.6 Å². The van der Waals surface area contributed by atoms with E-state index in [1.54, 1.807) is 24.3 Å². The summed E-state index contributed by atoms with van der Waals surface area (Å²) in [6.07, 6.45) is 4.72. The number of rotatable bonds is 6. The third-order valence-electron chi connectivity index (χ3n) is 3.36. The number of halogens is 1. The molecule has 1 saturated heterocycles. The van der Waals surface area contributed by atoms with Gasteiger partial charge in [-0.1, -0.05) is 24.1 Å². The van der Waals surface area contributed by atoms with Crippen LogP contribution in [0.4, 0.5) is 5.69 Å². The Labute approximate surface area is 124 Å². The van der Waals surface area contributed by atoms with Crippen LogP contribution in [-0.4, -0.2) is 31.7 Å². The number of ether oxygens (including phenoxy) is 1. The highest BCUT2D eigenvalue weighted by atomic mass is 35.5. The molecule has 0 bridgehead atoms. The zero-order valence-electron chi connectivity index (χ0n) is 11.5. The lowest BCUT2D eigenvalue weighted by Crippen LogP contribution is -2.35. The van der Waals surface area contributed by atoms with E-state index in [0.29, 0.717) is 23.4 Å². The second-order valence-electron chi connectivity index (χ2n) is 5.05. The Morgan fingerprint density at radius 3 is 3.10 bits per heavy atom. The molecule has 2 N–H and O–H groups in total. The number of hydrogen-bond donors (Lipinski definition) is 2. The van der Waals surface area contributed by atoms with Crippen molar-refractivity contribution in [3.8, 4) is 0 Å². The van der Waals surface area contributed by atoms with Gasteiger partial charge in [-0.2, -0.15) is 0 Å². The zero-order chi connectivity index (χ0) is 14.2. The highest BCUT2D eigenvalue weighted by Gasteiger charge is 2.12. The van der Waals surface area contributed by atoms with E-state index in [2.05, 4.69) is 10.6 Å². The number of piperidine rings is 1. The lowest BCUT2D eigenvalue weighted by atomic mass is 10.0. The Balaban J connectivity index is 1.60. The molecule has 0 aromatic heterocycles. The molecule has 1 aliphatic rings. The summed E-state index contributed by atoms with van der Waals surface area (Å²) in [5.74, 6) is -0.149. The molecule has 2 rings (SSSR count). The summed E-state index contributed by atoms with van der Waals surface area (Å²) in [4.78, 5) is 11.7. The molecule has 20 heavy (non-hydrogen) atoms. The van der Waals surface area contributed by atoms with Crippen molar-refractivity contribution in [1.29, 1.82) is 0 Å². The first kappa shape index (κ1) is 15.3. The van der Waals surface area contributed by atoms with Crippen molar-refractivity contribution in [2.75, 3.05) is 25.1 Å². The van der Waals surface area contributed by atoms with E-state index in [1.165, 1.54) is 19.3 Å². The minimum absolute atomic E-state index is 0.0826. The highest BCUT2D eigenvalue weighted by molar-refractivity contribution is 6.30. The minimum atomic E-state index is -0.149. The molecular formula is C15H21ClN2O2. The SMILES string of the molecule is O=C(COCCC1CCCCN1)Nc1cccc(Cl)c1. The molecule has 4 nitrogen and oxygen atoms in total. The molecule has 1 fully saturated rings. The quantitative estimate of drug-likeness (QED) is 0.794. The Morgan fingerprint density at radius 2 is 2.35 bits per heavy atom. The first-order chi connectivity index (χ1) is 9.74. The zero-order valence-corrected chi connectivity index (χ0v) is 12.3. The molecule has 1 amide bonds. The van der Waals surface area contributed by atoms with Crippen LogP contribution in [0.3, 0.4) is 0 Å². The van der Waals surface area contributed by atoms with Crippen LogP contribution in [0.25, 0.3) is 0 Å². The largest absolute Gasteiger partial charge is 0.372 e. The summed E-state index contributed by atoms with van der Waals surface area (Å²) in [5, 5.41) is 6.82. The van der Waals surface area contributed by atoms with E-state index in [0.717, 1.165) is 13.0 Å². The number of anilines is 1. The van der Waals surface area contributed by atoms with Gasteiger partial charge in [-0.25, -0.2) is 0 Å². The average molecular weight is 297 g/mol. The van der Waals surface area contributed by atoms with Crippen LogP contribution in [0.15, 0.2) is 24.3 Å². The number of nitrogens with one attached hydrogen (secondary N) is 2. The molecule has 1 unspecified atom stereocenters. The standard InChI is InChI=1S/C15H21ClN2O2/c16-12-4-3-6-14(10-12)18-15(19)11-20-9-7-13-5-1-2-8-17-13/h3-4,6,10,13,17H,1-2,5,7-9,11H2,(H,18,19). The van der Waals surface area contributed by atoms with Gasteiger partial charge in [0.25, 0.3) is 0 Å². The van der Waals surface area contributed by atoms with Crippen molar-refractivity contribution >= 4 is 23.2 Å². The number of amides is 1. The van der Waals surface area contributed by atoms with Gasteiger partial charge in [-0.05, 0) is 44.0 Å². The molecule has 0 spiro atoms. The van der Waals surface area contributed by atoms with Crippen molar-refractivity contribution in [3.63, 3.8) is 0 Å². The summed E-state index contributed by atoms with van der Waals surface area (Å²) in [6.45, 7) is 1.79. The minimum Gasteiger partial charge on any atom is -0.372 e.